The highest BCUT2D eigenvalue weighted by molar-refractivity contribution is 6.03. The number of hydrogen-bond donors (Lipinski definition) is 1. The summed E-state index contributed by atoms with van der Waals surface area (Å²) in [5, 5.41) is 1.09. The predicted molar refractivity (Wildman–Crippen MR) is 115 cm³/mol. The number of benzene rings is 2. The molecular formula is C24H27N3O2. The minimum atomic E-state index is -0.548. The highest BCUT2D eigenvalue weighted by Gasteiger charge is 2.44. The van der Waals surface area contributed by atoms with Gasteiger partial charge in [0.15, 0.2) is 0 Å². The number of aryl methyl sites for hydroxylation is 1. The number of fused-ring (bicyclic) bond motifs is 2. The molecule has 5 heteroatoms. The van der Waals surface area contributed by atoms with Crippen LogP contribution in [0, 0.1) is 6.92 Å². The number of hydrogen-bond acceptors (Lipinski definition) is 2. The summed E-state index contributed by atoms with van der Waals surface area (Å²) in [5.74, 6) is -0.0954. The SMILES string of the molecule is CCN(CC)C(=O)C(C)N1C(=O)c2ccccc2C1c1c(C)[nH]c2ccccc12. The molecule has 2 aromatic carbocycles. The molecule has 2 heterocycles. The van der Waals surface area contributed by atoms with E-state index in [-0.39, 0.29) is 17.9 Å². The van der Waals surface area contributed by atoms with E-state index in [2.05, 4.69) is 11.1 Å². The zero-order valence-electron chi connectivity index (χ0n) is 17.4. The molecule has 1 aliphatic rings. The summed E-state index contributed by atoms with van der Waals surface area (Å²) >= 11 is 0. The first-order valence-electron chi connectivity index (χ1n) is 10.3. The first-order chi connectivity index (χ1) is 14.0. The molecule has 0 saturated heterocycles. The van der Waals surface area contributed by atoms with Gasteiger partial charge in [-0.05, 0) is 45.4 Å². The molecule has 29 heavy (non-hydrogen) atoms. The lowest BCUT2D eigenvalue weighted by Gasteiger charge is -2.34. The highest BCUT2D eigenvalue weighted by atomic mass is 16.2. The van der Waals surface area contributed by atoms with Gasteiger partial charge in [0, 0.05) is 40.8 Å². The van der Waals surface area contributed by atoms with Gasteiger partial charge in [-0.3, -0.25) is 9.59 Å². The van der Waals surface area contributed by atoms with Crippen LogP contribution in [0.1, 0.15) is 54.0 Å². The minimum Gasteiger partial charge on any atom is -0.358 e. The fourth-order valence-corrected chi connectivity index (χ4v) is 4.60. The number of para-hydroxylation sites is 1. The van der Waals surface area contributed by atoms with Crippen molar-refractivity contribution < 1.29 is 9.59 Å². The molecule has 0 fully saturated rings. The van der Waals surface area contributed by atoms with Crippen LogP contribution in [0.15, 0.2) is 48.5 Å². The Bertz CT molecular complexity index is 1080. The average molecular weight is 389 g/mol. The number of amides is 2. The van der Waals surface area contributed by atoms with Crippen LogP contribution in [-0.2, 0) is 4.79 Å². The third-order valence-corrected chi connectivity index (χ3v) is 6.07. The van der Waals surface area contributed by atoms with Crippen LogP contribution in [0.5, 0.6) is 0 Å². The smallest absolute Gasteiger partial charge is 0.255 e. The van der Waals surface area contributed by atoms with Gasteiger partial charge in [0.05, 0.1) is 6.04 Å². The topological polar surface area (TPSA) is 56.4 Å². The number of H-pyrrole nitrogens is 1. The largest absolute Gasteiger partial charge is 0.358 e. The molecule has 2 unspecified atom stereocenters. The second kappa shape index (κ2) is 7.39. The Labute approximate surface area is 171 Å². The van der Waals surface area contributed by atoms with Crippen molar-refractivity contribution in [1.82, 2.24) is 14.8 Å². The number of aromatic amines is 1. The summed E-state index contributed by atoms with van der Waals surface area (Å²) in [5.41, 5.74) is 4.77. The Morgan fingerprint density at radius 2 is 1.76 bits per heavy atom. The molecule has 1 N–H and O–H groups in total. The molecule has 0 bridgehead atoms. The molecule has 4 rings (SSSR count). The maximum Gasteiger partial charge on any atom is 0.255 e. The number of carbonyl (C=O) groups is 2. The van der Waals surface area contributed by atoms with Gasteiger partial charge in [0.2, 0.25) is 5.91 Å². The van der Waals surface area contributed by atoms with Crippen molar-refractivity contribution in [2.45, 2.75) is 39.8 Å². The summed E-state index contributed by atoms with van der Waals surface area (Å²) in [6.45, 7) is 9.08. The molecule has 3 aromatic rings. The average Bonchev–Trinajstić information content (AvgIpc) is 3.21. The Kier molecular flexibility index (Phi) is 4.91. The molecule has 0 aliphatic carbocycles. The quantitative estimate of drug-likeness (QED) is 0.708. The summed E-state index contributed by atoms with van der Waals surface area (Å²) in [4.78, 5) is 33.6. The molecular weight excluding hydrogens is 362 g/mol. The highest BCUT2D eigenvalue weighted by Crippen LogP contribution is 2.43. The predicted octanol–water partition coefficient (Wildman–Crippen LogP) is 4.28. The van der Waals surface area contributed by atoms with Gasteiger partial charge in [-0.25, -0.2) is 0 Å². The number of likely N-dealkylation sites (N-methyl/N-ethyl adjacent to an activating group) is 1. The van der Waals surface area contributed by atoms with Gasteiger partial charge in [-0.2, -0.15) is 0 Å². The maximum absolute atomic E-state index is 13.4. The first-order valence-corrected chi connectivity index (χ1v) is 10.3. The lowest BCUT2D eigenvalue weighted by molar-refractivity contribution is -0.135. The fraction of sp³-hybridized carbons (Fsp3) is 0.333. The number of nitrogens with zero attached hydrogens (tertiary/aromatic N) is 2. The van der Waals surface area contributed by atoms with Crippen molar-refractivity contribution in [1.29, 1.82) is 0 Å². The van der Waals surface area contributed by atoms with E-state index in [0.29, 0.717) is 18.7 Å². The van der Waals surface area contributed by atoms with E-state index < -0.39 is 6.04 Å². The van der Waals surface area contributed by atoms with Crippen LogP contribution in [0.3, 0.4) is 0 Å². The molecule has 1 aromatic heterocycles. The lowest BCUT2D eigenvalue weighted by atomic mass is 9.95. The third-order valence-electron chi connectivity index (χ3n) is 6.07. The summed E-state index contributed by atoms with van der Waals surface area (Å²) < 4.78 is 0. The van der Waals surface area contributed by atoms with E-state index in [0.717, 1.165) is 27.7 Å². The zero-order valence-corrected chi connectivity index (χ0v) is 17.4. The standard InChI is InChI=1S/C24H27N3O2/c1-5-26(6-2)23(28)16(4)27-22(17-11-7-8-12-18(17)24(27)29)21-15(3)25-20-14-10-9-13-19(20)21/h7-14,16,22,25H,5-6H2,1-4H3. The molecule has 0 radical (unpaired) electrons. The minimum absolute atomic E-state index is 0.0151. The second-order valence-corrected chi connectivity index (χ2v) is 7.60. The van der Waals surface area contributed by atoms with Crippen molar-refractivity contribution in [2.75, 3.05) is 13.1 Å². The molecule has 1 aliphatic heterocycles. The number of rotatable bonds is 5. The summed E-state index contributed by atoms with van der Waals surface area (Å²) in [7, 11) is 0. The van der Waals surface area contributed by atoms with Crippen molar-refractivity contribution in [3.63, 3.8) is 0 Å². The van der Waals surface area contributed by atoms with Gasteiger partial charge in [-0.1, -0.05) is 36.4 Å². The van der Waals surface area contributed by atoms with Crippen LogP contribution in [-0.4, -0.2) is 45.7 Å². The van der Waals surface area contributed by atoms with E-state index in [1.54, 1.807) is 9.80 Å². The van der Waals surface area contributed by atoms with Crippen molar-refractivity contribution >= 4 is 22.7 Å². The Balaban J connectivity index is 1.89. The van der Waals surface area contributed by atoms with Gasteiger partial charge >= 0.3 is 0 Å². The summed E-state index contributed by atoms with van der Waals surface area (Å²) in [6.07, 6.45) is 0. The Morgan fingerprint density at radius 1 is 1.10 bits per heavy atom. The molecule has 0 spiro atoms. The monoisotopic (exact) mass is 389 g/mol. The second-order valence-electron chi connectivity index (χ2n) is 7.60. The molecule has 150 valence electrons. The van der Waals surface area contributed by atoms with Gasteiger partial charge in [-0.15, -0.1) is 0 Å². The van der Waals surface area contributed by atoms with E-state index in [9.17, 15) is 9.59 Å². The van der Waals surface area contributed by atoms with E-state index >= 15 is 0 Å². The summed E-state index contributed by atoms with van der Waals surface area (Å²) in [6, 6.07) is 15.0. The van der Waals surface area contributed by atoms with Crippen LogP contribution in [0.2, 0.25) is 0 Å². The number of aromatic nitrogens is 1. The van der Waals surface area contributed by atoms with Gasteiger partial charge < -0.3 is 14.8 Å². The molecule has 2 atom stereocenters. The van der Waals surface area contributed by atoms with Crippen molar-refractivity contribution in [2.24, 2.45) is 0 Å². The van der Waals surface area contributed by atoms with Crippen LogP contribution in [0.4, 0.5) is 0 Å². The molecule has 2 amide bonds. The van der Waals surface area contributed by atoms with E-state index in [1.165, 1.54) is 0 Å². The number of nitrogens with one attached hydrogen (secondary N) is 1. The Hall–Kier alpha value is -3.08. The Morgan fingerprint density at radius 3 is 2.48 bits per heavy atom. The van der Waals surface area contributed by atoms with E-state index in [4.69, 9.17) is 0 Å². The fourth-order valence-electron chi connectivity index (χ4n) is 4.60. The third kappa shape index (κ3) is 2.92. The van der Waals surface area contributed by atoms with Crippen LogP contribution >= 0.6 is 0 Å². The maximum atomic E-state index is 13.4. The van der Waals surface area contributed by atoms with Crippen LogP contribution in [0.25, 0.3) is 10.9 Å². The molecule has 5 nitrogen and oxygen atoms in total. The van der Waals surface area contributed by atoms with E-state index in [1.807, 2.05) is 70.2 Å². The van der Waals surface area contributed by atoms with Crippen molar-refractivity contribution in [3.8, 4) is 0 Å². The van der Waals surface area contributed by atoms with Gasteiger partial charge in [0.1, 0.15) is 6.04 Å². The lowest BCUT2D eigenvalue weighted by Crippen LogP contribution is -2.48. The van der Waals surface area contributed by atoms with Crippen molar-refractivity contribution in [3.05, 3.63) is 70.9 Å². The number of carbonyl (C=O) groups excluding carboxylic acids is 2. The first kappa shape index (κ1) is 19.2. The normalized spacial score (nSPS) is 16.9. The van der Waals surface area contributed by atoms with Gasteiger partial charge in [0.25, 0.3) is 5.91 Å². The molecule has 0 saturated carbocycles. The van der Waals surface area contributed by atoms with Crippen LogP contribution < -0.4 is 0 Å². The zero-order chi connectivity index (χ0) is 20.7.